The molecule has 0 aromatic heterocycles. The second-order valence-electron chi connectivity index (χ2n) is 1.73. The minimum absolute atomic E-state index is 0.250. The molecule has 0 bridgehead atoms. The van der Waals surface area contributed by atoms with Gasteiger partial charge in [-0.05, 0) is 0 Å². The van der Waals surface area contributed by atoms with Crippen LogP contribution in [0.2, 0.25) is 0 Å². The van der Waals surface area contributed by atoms with Crippen LogP contribution < -0.4 is 5.73 Å². The number of amides is 2. The van der Waals surface area contributed by atoms with Gasteiger partial charge in [-0.3, -0.25) is 14.7 Å². The Morgan fingerprint density at radius 2 is 2.33 bits per heavy atom. The zero-order valence-electron chi connectivity index (χ0n) is 6.25. The third-order valence-electron chi connectivity index (χ3n) is 1.000. The average molecular weight is 171 g/mol. The molecule has 2 amide bonds. The van der Waals surface area contributed by atoms with Crippen molar-refractivity contribution in [1.29, 1.82) is 0 Å². The quantitative estimate of drug-likeness (QED) is 0.486. The minimum atomic E-state index is -0.447. The highest BCUT2D eigenvalue weighted by Gasteiger charge is 2.03. The molecule has 0 fully saturated rings. The smallest absolute Gasteiger partial charge is 0.319 e. The van der Waals surface area contributed by atoms with Gasteiger partial charge in [0.25, 0.3) is 6.47 Å². The van der Waals surface area contributed by atoms with Crippen molar-refractivity contribution in [3.63, 3.8) is 0 Å². The Kier molecular flexibility index (Phi) is 4.99. The summed E-state index contributed by atoms with van der Waals surface area (Å²) in [5, 5.41) is 6.89. The molecule has 0 spiro atoms. The minimum Gasteiger partial charge on any atom is -0.483 e. The average Bonchev–Trinajstić information content (AvgIpc) is 2.07. The highest BCUT2D eigenvalue weighted by Crippen LogP contribution is 1.92. The van der Waals surface area contributed by atoms with E-state index in [0.717, 1.165) is 0 Å². The number of hydrogen-bond donors (Lipinski definition) is 2. The first-order valence-electron chi connectivity index (χ1n) is 3.04. The van der Waals surface area contributed by atoms with E-state index in [4.69, 9.17) is 15.6 Å². The third-order valence-corrected chi connectivity index (χ3v) is 1.000. The number of nitrogens with zero attached hydrogens (tertiary/aromatic N) is 2. The monoisotopic (exact) mass is 171 g/mol. The van der Waals surface area contributed by atoms with Crippen molar-refractivity contribution < 1.29 is 14.7 Å². The van der Waals surface area contributed by atoms with Gasteiger partial charge in [0.15, 0.2) is 0 Å². The predicted octanol–water partition coefficient (Wildman–Crippen LogP) is -0.377. The number of carbonyl (C=O) groups excluding carboxylic acids is 1. The molecule has 0 unspecified atom stereocenters. The molecule has 0 saturated carbocycles. The van der Waals surface area contributed by atoms with Crippen molar-refractivity contribution >= 4 is 18.7 Å². The van der Waals surface area contributed by atoms with Gasteiger partial charge in [0.2, 0.25) is 0 Å². The topological polar surface area (TPSA) is 96.0 Å². The molecular formula is C6H9N3O3. The number of aliphatic imine (C=N–C) groups is 1. The molecule has 0 aliphatic carbocycles. The van der Waals surface area contributed by atoms with E-state index in [1.807, 2.05) is 0 Å². The molecule has 66 valence electrons. The summed E-state index contributed by atoms with van der Waals surface area (Å²) in [6.07, 6.45) is 4.68. The number of carbonyl (C=O) groups is 2. The van der Waals surface area contributed by atoms with Gasteiger partial charge >= 0.3 is 6.03 Å². The maximum absolute atomic E-state index is 10.4. The van der Waals surface area contributed by atoms with Crippen LogP contribution in [0, 0.1) is 0 Å². The molecule has 1 aliphatic rings. The third kappa shape index (κ3) is 4.04. The summed E-state index contributed by atoms with van der Waals surface area (Å²) in [5.41, 5.74) is 4.94. The van der Waals surface area contributed by atoms with Gasteiger partial charge < -0.3 is 10.8 Å². The van der Waals surface area contributed by atoms with Crippen molar-refractivity contribution in [3.8, 4) is 0 Å². The Bertz CT molecular complexity index is 212. The number of carboxylic acid groups (broad SMARTS) is 1. The Hall–Kier alpha value is -1.85. The molecule has 6 heteroatoms. The van der Waals surface area contributed by atoms with Crippen molar-refractivity contribution in [2.24, 2.45) is 10.7 Å². The maximum Gasteiger partial charge on any atom is 0.319 e. The van der Waals surface area contributed by atoms with Gasteiger partial charge in [0.1, 0.15) is 0 Å². The summed E-state index contributed by atoms with van der Waals surface area (Å²) in [5.74, 6) is 0. The maximum atomic E-state index is 10.4. The Labute approximate surface area is 69.0 Å². The van der Waals surface area contributed by atoms with E-state index in [1.165, 1.54) is 11.1 Å². The van der Waals surface area contributed by atoms with Gasteiger partial charge in [-0.25, -0.2) is 4.79 Å². The number of primary amides is 1. The molecule has 0 aromatic rings. The van der Waals surface area contributed by atoms with Gasteiger partial charge in [-0.1, -0.05) is 0 Å². The zero-order valence-corrected chi connectivity index (χ0v) is 6.25. The fourth-order valence-electron chi connectivity index (χ4n) is 0.539. The second-order valence-corrected chi connectivity index (χ2v) is 1.73. The molecule has 6 nitrogen and oxygen atoms in total. The largest absolute Gasteiger partial charge is 0.483 e. The van der Waals surface area contributed by atoms with Crippen molar-refractivity contribution in [1.82, 2.24) is 4.90 Å². The van der Waals surface area contributed by atoms with Crippen LogP contribution in [-0.2, 0) is 4.79 Å². The Balaban J connectivity index is 0.000000354. The summed E-state index contributed by atoms with van der Waals surface area (Å²) >= 11 is 0. The van der Waals surface area contributed by atoms with Gasteiger partial charge in [-0.15, -0.1) is 0 Å². The Morgan fingerprint density at radius 1 is 1.75 bits per heavy atom. The van der Waals surface area contributed by atoms with E-state index in [-0.39, 0.29) is 6.47 Å². The van der Waals surface area contributed by atoms with Crippen molar-refractivity contribution in [2.45, 2.75) is 0 Å². The fourth-order valence-corrected chi connectivity index (χ4v) is 0.539. The lowest BCUT2D eigenvalue weighted by atomic mass is 10.5. The molecule has 12 heavy (non-hydrogen) atoms. The van der Waals surface area contributed by atoms with Crippen LogP contribution in [0.3, 0.4) is 0 Å². The van der Waals surface area contributed by atoms with Crippen LogP contribution in [-0.4, -0.2) is 35.3 Å². The molecule has 1 aliphatic heterocycles. The first-order valence-corrected chi connectivity index (χ1v) is 3.04. The Morgan fingerprint density at radius 3 is 2.58 bits per heavy atom. The standard InChI is InChI=1S/C5H7N3O.CH2O2/c6-5(9)8-3-1-7-2-4-8;2-1-3/h1-3H,4H2,(H2,6,9);1H,(H,2,3). The van der Waals surface area contributed by atoms with Crippen LogP contribution in [0.5, 0.6) is 0 Å². The van der Waals surface area contributed by atoms with E-state index in [1.54, 1.807) is 12.4 Å². The fraction of sp³-hybridized carbons (Fsp3) is 0.167. The normalized spacial score (nSPS) is 13.2. The SMILES string of the molecule is NC(=O)N1C=CN=CC1.O=CO. The lowest BCUT2D eigenvalue weighted by Gasteiger charge is -2.13. The van der Waals surface area contributed by atoms with Gasteiger partial charge in [0, 0.05) is 18.6 Å². The number of hydrogen-bond acceptors (Lipinski definition) is 3. The summed E-state index contributed by atoms with van der Waals surface area (Å²) in [4.78, 5) is 23.9. The lowest BCUT2D eigenvalue weighted by molar-refractivity contribution is -0.122. The molecule has 1 rings (SSSR count). The number of rotatable bonds is 0. The van der Waals surface area contributed by atoms with Gasteiger partial charge in [-0.2, -0.15) is 0 Å². The van der Waals surface area contributed by atoms with Crippen molar-refractivity contribution in [3.05, 3.63) is 12.4 Å². The molecule has 3 N–H and O–H groups in total. The molecule has 0 radical (unpaired) electrons. The highest BCUT2D eigenvalue weighted by molar-refractivity contribution is 5.78. The second kappa shape index (κ2) is 5.90. The van der Waals surface area contributed by atoms with Crippen LogP contribution in [0.1, 0.15) is 0 Å². The van der Waals surface area contributed by atoms with Crippen LogP contribution in [0.25, 0.3) is 0 Å². The number of urea groups is 1. The first kappa shape index (κ1) is 10.2. The summed E-state index contributed by atoms with van der Waals surface area (Å²) < 4.78 is 0. The van der Waals surface area contributed by atoms with E-state index < -0.39 is 6.03 Å². The summed E-state index contributed by atoms with van der Waals surface area (Å²) in [6, 6.07) is -0.447. The van der Waals surface area contributed by atoms with Crippen LogP contribution in [0.4, 0.5) is 4.79 Å². The first-order chi connectivity index (χ1) is 5.72. The molecule has 0 atom stereocenters. The van der Waals surface area contributed by atoms with Crippen LogP contribution >= 0.6 is 0 Å². The molecule has 1 heterocycles. The lowest BCUT2D eigenvalue weighted by Crippen LogP contribution is -2.33. The molecule has 0 aromatic carbocycles. The highest BCUT2D eigenvalue weighted by atomic mass is 16.3. The van der Waals surface area contributed by atoms with Crippen LogP contribution in [0.15, 0.2) is 17.4 Å². The van der Waals surface area contributed by atoms with E-state index in [0.29, 0.717) is 6.54 Å². The summed E-state index contributed by atoms with van der Waals surface area (Å²) in [6.45, 7) is 0.228. The van der Waals surface area contributed by atoms with E-state index in [2.05, 4.69) is 4.99 Å². The summed E-state index contributed by atoms with van der Waals surface area (Å²) in [7, 11) is 0. The number of nitrogens with two attached hydrogens (primary N) is 1. The molecular weight excluding hydrogens is 162 g/mol. The molecule has 0 saturated heterocycles. The van der Waals surface area contributed by atoms with Gasteiger partial charge in [0.05, 0.1) is 6.54 Å². The van der Waals surface area contributed by atoms with Crippen molar-refractivity contribution in [2.75, 3.05) is 6.54 Å². The van der Waals surface area contributed by atoms with E-state index in [9.17, 15) is 4.79 Å². The predicted molar refractivity (Wildman–Crippen MR) is 42.6 cm³/mol. The van der Waals surface area contributed by atoms with E-state index >= 15 is 0 Å². The zero-order chi connectivity index (χ0) is 9.40.